The zero-order chi connectivity index (χ0) is 26.1. The average molecular weight is 511 g/mol. The Morgan fingerprint density at radius 1 is 0.892 bits per heavy atom. The van der Waals surface area contributed by atoms with Crippen molar-refractivity contribution >= 4 is 52.0 Å². The molecule has 1 N–H and O–H groups in total. The Balaban J connectivity index is 1.60. The van der Waals surface area contributed by atoms with Crippen molar-refractivity contribution in [3.63, 3.8) is 0 Å². The molecule has 1 fully saturated rings. The number of carbonyl (C=O) groups is 3. The number of fused-ring (bicyclic) bond motifs is 1. The zero-order valence-corrected chi connectivity index (χ0v) is 21.0. The predicted molar refractivity (Wildman–Crippen MR) is 145 cm³/mol. The average Bonchev–Trinajstić information content (AvgIpc) is 2.85. The summed E-state index contributed by atoms with van der Waals surface area (Å²) >= 11 is 6.30. The summed E-state index contributed by atoms with van der Waals surface area (Å²) < 4.78 is 6.14. The van der Waals surface area contributed by atoms with Gasteiger partial charge in [0.05, 0.1) is 5.69 Å². The number of barbiturate groups is 1. The number of urea groups is 1. The molecule has 1 aliphatic heterocycles. The van der Waals surface area contributed by atoms with Gasteiger partial charge in [-0.3, -0.25) is 14.9 Å². The molecule has 6 nitrogen and oxygen atoms in total. The van der Waals surface area contributed by atoms with E-state index in [0.29, 0.717) is 22.0 Å². The molecule has 0 atom stereocenters. The number of ether oxygens (including phenoxy) is 1. The lowest BCUT2D eigenvalue weighted by Gasteiger charge is -2.27. The highest BCUT2D eigenvalue weighted by molar-refractivity contribution is 6.39. The fraction of sp³-hybridized carbons (Fsp3) is 0.100. The Bertz CT molecular complexity index is 1590. The highest BCUT2D eigenvalue weighted by Crippen LogP contribution is 2.33. The van der Waals surface area contributed by atoms with Gasteiger partial charge in [0.2, 0.25) is 0 Å². The third-order valence-corrected chi connectivity index (χ3v) is 6.50. The van der Waals surface area contributed by atoms with Crippen LogP contribution < -0.4 is 15.0 Å². The summed E-state index contributed by atoms with van der Waals surface area (Å²) in [7, 11) is 0. The number of rotatable bonds is 5. The van der Waals surface area contributed by atoms with Crippen molar-refractivity contribution in [1.82, 2.24) is 5.32 Å². The molecule has 1 heterocycles. The molecule has 4 aromatic rings. The predicted octanol–water partition coefficient (Wildman–Crippen LogP) is 6.36. The number of aryl methyl sites for hydroxylation is 2. The van der Waals surface area contributed by atoms with Crippen molar-refractivity contribution in [2.24, 2.45) is 0 Å². The topological polar surface area (TPSA) is 75.7 Å². The van der Waals surface area contributed by atoms with Gasteiger partial charge in [-0.2, -0.15) is 0 Å². The van der Waals surface area contributed by atoms with Crippen LogP contribution in [0.25, 0.3) is 16.8 Å². The largest absolute Gasteiger partial charge is 0.488 e. The molecule has 0 aromatic heterocycles. The number of hydrogen-bond donors (Lipinski definition) is 1. The van der Waals surface area contributed by atoms with E-state index in [1.807, 2.05) is 68.4 Å². The highest BCUT2D eigenvalue weighted by atomic mass is 35.5. The number of benzene rings is 4. The van der Waals surface area contributed by atoms with E-state index >= 15 is 0 Å². The molecule has 1 aliphatic rings. The molecule has 0 radical (unpaired) electrons. The Labute approximate surface area is 219 Å². The maximum Gasteiger partial charge on any atom is 0.335 e. The van der Waals surface area contributed by atoms with Crippen molar-refractivity contribution in [3.8, 4) is 5.75 Å². The molecule has 4 amide bonds. The highest BCUT2D eigenvalue weighted by Gasteiger charge is 2.37. The van der Waals surface area contributed by atoms with Crippen molar-refractivity contribution in [3.05, 3.63) is 112 Å². The van der Waals surface area contributed by atoms with Gasteiger partial charge in [0.15, 0.2) is 0 Å². The second-order valence-electron chi connectivity index (χ2n) is 8.88. The molecule has 0 saturated carbocycles. The normalized spacial score (nSPS) is 14.8. The van der Waals surface area contributed by atoms with Crippen molar-refractivity contribution in [2.75, 3.05) is 4.90 Å². The van der Waals surface area contributed by atoms with E-state index in [1.54, 1.807) is 24.3 Å². The van der Waals surface area contributed by atoms with Crippen molar-refractivity contribution in [1.29, 1.82) is 0 Å². The molecule has 5 rings (SSSR count). The summed E-state index contributed by atoms with van der Waals surface area (Å²) in [4.78, 5) is 40.2. The van der Waals surface area contributed by atoms with E-state index in [4.69, 9.17) is 16.3 Å². The molecule has 1 saturated heterocycles. The Morgan fingerprint density at radius 2 is 1.59 bits per heavy atom. The van der Waals surface area contributed by atoms with Gasteiger partial charge in [-0.25, -0.2) is 9.69 Å². The summed E-state index contributed by atoms with van der Waals surface area (Å²) in [6.45, 7) is 3.95. The van der Waals surface area contributed by atoms with Crippen LogP contribution >= 0.6 is 11.6 Å². The summed E-state index contributed by atoms with van der Waals surface area (Å²) in [6.07, 6.45) is 1.49. The molecule has 0 bridgehead atoms. The summed E-state index contributed by atoms with van der Waals surface area (Å²) in [5.74, 6) is -0.995. The second-order valence-corrected chi connectivity index (χ2v) is 9.29. The maximum absolute atomic E-state index is 13.6. The van der Waals surface area contributed by atoms with Gasteiger partial charge in [0.1, 0.15) is 17.9 Å². The first-order valence-electron chi connectivity index (χ1n) is 11.7. The first-order valence-corrected chi connectivity index (χ1v) is 12.1. The minimum absolute atomic E-state index is 0.169. The van der Waals surface area contributed by atoms with Crippen LogP contribution in [0.3, 0.4) is 0 Å². The number of nitrogens with zero attached hydrogens (tertiary/aromatic N) is 1. The molecule has 0 aliphatic carbocycles. The SMILES string of the molecule is Cc1cc(C)cc(N2C(=O)NC(=O)/C(=C\c3c(OCc4ccccc4Cl)ccc4ccccc34)C2=O)c1. The van der Waals surface area contributed by atoms with E-state index in [1.165, 1.54) is 6.08 Å². The van der Waals surface area contributed by atoms with E-state index in [-0.39, 0.29) is 12.2 Å². The lowest BCUT2D eigenvalue weighted by molar-refractivity contribution is -0.122. The quantitative estimate of drug-likeness (QED) is 0.250. The molecule has 7 heteroatoms. The van der Waals surface area contributed by atoms with Gasteiger partial charge in [-0.15, -0.1) is 0 Å². The van der Waals surface area contributed by atoms with Gasteiger partial charge < -0.3 is 4.74 Å². The Kier molecular flexibility index (Phi) is 6.51. The van der Waals surface area contributed by atoms with Crippen LogP contribution in [-0.4, -0.2) is 17.8 Å². The fourth-order valence-corrected chi connectivity index (χ4v) is 4.63. The van der Waals surface area contributed by atoms with Crippen LogP contribution in [0.15, 0.2) is 84.4 Å². The number of amides is 4. The summed E-state index contributed by atoms with van der Waals surface area (Å²) in [5.41, 5.74) is 3.36. The first-order chi connectivity index (χ1) is 17.8. The molecular formula is C30H23ClN2O4. The van der Waals surface area contributed by atoms with Crippen molar-refractivity contribution < 1.29 is 19.1 Å². The molecule has 4 aromatic carbocycles. The number of nitrogens with one attached hydrogen (secondary N) is 1. The second kappa shape index (κ2) is 9.91. The van der Waals surface area contributed by atoms with Crippen LogP contribution in [0.2, 0.25) is 5.02 Å². The summed E-state index contributed by atoms with van der Waals surface area (Å²) in [5, 5.41) is 4.58. The van der Waals surface area contributed by atoms with E-state index in [2.05, 4.69) is 5.32 Å². The lowest BCUT2D eigenvalue weighted by Crippen LogP contribution is -2.54. The van der Waals surface area contributed by atoms with E-state index in [0.717, 1.165) is 32.4 Å². The van der Waals surface area contributed by atoms with Crippen LogP contribution in [0, 0.1) is 13.8 Å². The molecular weight excluding hydrogens is 488 g/mol. The van der Waals surface area contributed by atoms with Gasteiger partial charge in [-0.05, 0) is 66.1 Å². The van der Waals surface area contributed by atoms with Gasteiger partial charge in [-0.1, -0.05) is 66.2 Å². The Hall–Kier alpha value is -4.42. The summed E-state index contributed by atoms with van der Waals surface area (Å²) in [6, 6.07) is 23.3. The van der Waals surface area contributed by atoms with Crippen LogP contribution in [0.5, 0.6) is 5.75 Å². The third-order valence-electron chi connectivity index (χ3n) is 6.13. The van der Waals surface area contributed by atoms with Crippen LogP contribution in [0.1, 0.15) is 22.3 Å². The minimum atomic E-state index is -0.787. The Morgan fingerprint density at radius 3 is 2.35 bits per heavy atom. The molecule has 0 unspecified atom stereocenters. The number of halogens is 1. The van der Waals surface area contributed by atoms with E-state index < -0.39 is 17.8 Å². The fourth-order valence-electron chi connectivity index (χ4n) is 4.44. The standard InChI is InChI=1S/C30H23ClN2O4/c1-18-13-19(2)15-22(14-18)33-29(35)25(28(34)32-30(33)36)16-24-23-9-5-3-7-20(23)11-12-27(24)37-17-21-8-4-6-10-26(21)31/h3-16H,17H2,1-2H3,(H,32,34,36)/b25-16+. The third kappa shape index (κ3) is 4.84. The van der Waals surface area contributed by atoms with Gasteiger partial charge in [0, 0.05) is 16.1 Å². The maximum atomic E-state index is 13.6. The molecule has 184 valence electrons. The van der Waals surface area contributed by atoms with Gasteiger partial charge >= 0.3 is 6.03 Å². The number of imide groups is 2. The smallest absolute Gasteiger partial charge is 0.335 e. The lowest BCUT2D eigenvalue weighted by atomic mass is 9.99. The number of carbonyl (C=O) groups excluding carboxylic acids is 3. The molecule has 37 heavy (non-hydrogen) atoms. The van der Waals surface area contributed by atoms with Crippen LogP contribution in [-0.2, 0) is 16.2 Å². The first kappa shape index (κ1) is 24.3. The van der Waals surface area contributed by atoms with Crippen molar-refractivity contribution in [2.45, 2.75) is 20.5 Å². The number of anilines is 1. The van der Waals surface area contributed by atoms with Crippen LogP contribution in [0.4, 0.5) is 10.5 Å². The number of hydrogen-bond acceptors (Lipinski definition) is 4. The zero-order valence-electron chi connectivity index (χ0n) is 20.2. The monoisotopic (exact) mass is 510 g/mol. The minimum Gasteiger partial charge on any atom is -0.488 e. The van der Waals surface area contributed by atoms with E-state index in [9.17, 15) is 14.4 Å². The van der Waals surface area contributed by atoms with Gasteiger partial charge in [0.25, 0.3) is 11.8 Å². The molecule has 0 spiro atoms.